The molecule has 0 aliphatic heterocycles. The van der Waals surface area contributed by atoms with E-state index in [2.05, 4.69) is 10.3 Å². The van der Waals surface area contributed by atoms with Gasteiger partial charge in [-0.3, -0.25) is 14.9 Å². The van der Waals surface area contributed by atoms with Crippen LogP contribution in [0.1, 0.15) is 16.1 Å². The van der Waals surface area contributed by atoms with Crippen molar-refractivity contribution in [1.29, 1.82) is 0 Å². The number of hydrogen-bond donors (Lipinski definition) is 1. The smallest absolute Gasteiger partial charge is 0.357 e. The van der Waals surface area contributed by atoms with Gasteiger partial charge in [-0.15, -0.1) is 0 Å². The number of nitrogens with one attached hydrogen (secondary N) is 1. The molecule has 0 saturated heterocycles. The van der Waals surface area contributed by atoms with E-state index in [0.29, 0.717) is 5.56 Å². The molecule has 0 aliphatic rings. The van der Waals surface area contributed by atoms with Gasteiger partial charge in [0.15, 0.2) is 6.61 Å². The number of carbonyl (C=O) groups is 2. The van der Waals surface area contributed by atoms with Gasteiger partial charge in [-0.1, -0.05) is 12.1 Å². The van der Waals surface area contributed by atoms with Crippen LogP contribution in [0.25, 0.3) is 0 Å². The number of nitro groups is 1. The number of nitro benzene ring substituents is 1. The van der Waals surface area contributed by atoms with Gasteiger partial charge in [-0.05, 0) is 24.6 Å². The molecule has 1 N–H and O–H groups in total. The van der Waals surface area contributed by atoms with Crippen LogP contribution in [-0.4, -0.2) is 28.4 Å². The number of non-ortho nitro benzene ring substituents is 1. The topological polar surface area (TPSA) is 111 Å². The number of hydrogen-bond acceptors (Lipinski definition) is 6. The second-order valence-electron chi connectivity index (χ2n) is 4.60. The van der Waals surface area contributed by atoms with Gasteiger partial charge in [0.05, 0.1) is 10.6 Å². The van der Waals surface area contributed by atoms with Crippen LogP contribution in [0.15, 0.2) is 42.6 Å². The molecule has 1 aromatic heterocycles. The minimum absolute atomic E-state index is 0.0897. The predicted octanol–water partition coefficient (Wildman–Crippen LogP) is 2.09. The maximum atomic E-state index is 11.8. The lowest BCUT2D eigenvalue weighted by Gasteiger charge is -2.08. The summed E-state index contributed by atoms with van der Waals surface area (Å²) in [6.07, 6.45) is 1.43. The molecule has 0 fully saturated rings. The van der Waals surface area contributed by atoms with Crippen LogP contribution in [0.5, 0.6) is 0 Å². The Labute approximate surface area is 131 Å². The minimum atomic E-state index is -0.725. The highest BCUT2D eigenvalue weighted by Crippen LogP contribution is 2.21. The van der Waals surface area contributed by atoms with Crippen LogP contribution >= 0.6 is 0 Å². The Morgan fingerprint density at radius 1 is 1.30 bits per heavy atom. The maximum Gasteiger partial charge on any atom is 0.357 e. The summed E-state index contributed by atoms with van der Waals surface area (Å²) in [6.45, 7) is 1.18. The van der Waals surface area contributed by atoms with Crippen molar-refractivity contribution in [2.75, 3.05) is 11.9 Å². The van der Waals surface area contributed by atoms with E-state index in [0.717, 1.165) is 0 Å². The fourth-order valence-corrected chi connectivity index (χ4v) is 1.73. The number of pyridine rings is 1. The standard InChI is InChI=1S/C15H13N3O5/c1-10-5-6-11(18(21)22)8-13(10)17-14(19)9-23-15(20)12-4-2-3-7-16-12/h2-8H,9H2,1H3,(H,17,19). The van der Waals surface area contributed by atoms with Crippen molar-refractivity contribution in [3.63, 3.8) is 0 Å². The molecular weight excluding hydrogens is 302 g/mol. The lowest BCUT2D eigenvalue weighted by atomic mass is 10.2. The highest BCUT2D eigenvalue weighted by Gasteiger charge is 2.14. The van der Waals surface area contributed by atoms with E-state index in [9.17, 15) is 19.7 Å². The number of anilines is 1. The van der Waals surface area contributed by atoms with Crippen molar-refractivity contribution < 1.29 is 19.2 Å². The number of aromatic nitrogens is 1. The molecule has 23 heavy (non-hydrogen) atoms. The van der Waals surface area contributed by atoms with Gasteiger partial charge < -0.3 is 10.1 Å². The van der Waals surface area contributed by atoms with E-state index in [-0.39, 0.29) is 17.1 Å². The molecule has 0 unspecified atom stereocenters. The number of aryl methyl sites for hydroxylation is 1. The molecule has 0 bridgehead atoms. The zero-order chi connectivity index (χ0) is 16.8. The summed E-state index contributed by atoms with van der Waals surface area (Å²) >= 11 is 0. The van der Waals surface area contributed by atoms with E-state index >= 15 is 0 Å². The van der Waals surface area contributed by atoms with Gasteiger partial charge in [-0.25, -0.2) is 9.78 Å². The summed E-state index contributed by atoms with van der Waals surface area (Å²) in [7, 11) is 0. The van der Waals surface area contributed by atoms with Crippen LogP contribution in [0, 0.1) is 17.0 Å². The number of esters is 1. The summed E-state index contributed by atoms with van der Waals surface area (Å²) in [6, 6.07) is 8.84. The molecule has 0 aliphatic carbocycles. The summed E-state index contributed by atoms with van der Waals surface area (Å²) < 4.78 is 4.83. The lowest BCUT2D eigenvalue weighted by molar-refractivity contribution is -0.384. The minimum Gasteiger partial charge on any atom is -0.451 e. The molecule has 8 heteroatoms. The highest BCUT2D eigenvalue weighted by atomic mass is 16.6. The van der Waals surface area contributed by atoms with E-state index in [1.807, 2.05) is 0 Å². The lowest BCUT2D eigenvalue weighted by Crippen LogP contribution is -2.21. The van der Waals surface area contributed by atoms with Crippen molar-refractivity contribution in [3.05, 3.63) is 64.0 Å². The molecule has 1 amide bonds. The summed E-state index contributed by atoms with van der Waals surface area (Å²) in [4.78, 5) is 37.4. The molecule has 2 aromatic rings. The number of rotatable bonds is 5. The third-order valence-corrected chi connectivity index (χ3v) is 2.91. The molecule has 0 saturated carbocycles. The first-order valence-electron chi connectivity index (χ1n) is 6.60. The van der Waals surface area contributed by atoms with Crippen LogP contribution in [0.3, 0.4) is 0 Å². The molecule has 1 heterocycles. The fourth-order valence-electron chi connectivity index (χ4n) is 1.73. The van der Waals surface area contributed by atoms with Gasteiger partial charge in [0, 0.05) is 18.3 Å². The van der Waals surface area contributed by atoms with Crippen LogP contribution in [0.2, 0.25) is 0 Å². The zero-order valence-electron chi connectivity index (χ0n) is 12.2. The largest absolute Gasteiger partial charge is 0.451 e. The SMILES string of the molecule is Cc1ccc([N+](=O)[O-])cc1NC(=O)COC(=O)c1ccccn1. The van der Waals surface area contributed by atoms with Crippen molar-refractivity contribution in [3.8, 4) is 0 Å². The normalized spacial score (nSPS) is 9.96. The third kappa shape index (κ3) is 4.34. The Kier molecular flexibility index (Phi) is 4.98. The number of amides is 1. The molecule has 0 radical (unpaired) electrons. The van der Waals surface area contributed by atoms with E-state index in [1.54, 1.807) is 19.1 Å². The maximum absolute atomic E-state index is 11.8. The Morgan fingerprint density at radius 3 is 2.74 bits per heavy atom. The van der Waals surface area contributed by atoms with Gasteiger partial charge in [0.25, 0.3) is 11.6 Å². The van der Waals surface area contributed by atoms with Gasteiger partial charge in [0.2, 0.25) is 0 Å². The molecular formula is C15H13N3O5. The Balaban J connectivity index is 1.96. The van der Waals surface area contributed by atoms with E-state index in [1.165, 1.54) is 30.5 Å². The molecule has 0 atom stereocenters. The summed E-state index contributed by atoms with van der Waals surface area (Å²) in [5, 5.41) is 13.2. The van der Waals surface area contributed by atoms with Crippen molar-refractivity contribution in [1.82, 2.24) is 4.98 Å². The van der Waals surface area contributed by atoms with Gasteiger partial charge >= 0.3 is 5.97 Å². The molecule has 1 aromatic carbocycles. The van der Waals surface area contributed by atoms with E-state index < -0.39 is 23.4 Å². The van der Waals surface area contributed by atoms with Crippen molar-refractivity contribution in [2.45, 2.75) is 6.92 Å². The quantitative estimate of drug-likeness (QED) is 0.513. The number of nitrogens with zero attached hydrogens (tertiary/aromatic N) is 2. The predicted molar refractivity (Wildman–Crippen MR) is 81.0 cm³/mol. The average Bonchev–Trinajstić information content (AvgIpc) is 2.55. The van der Waals surface area contributed by atoms with Gasteiger partial charge in [0.1, 0.15) is 5.69 Å². The average molecular weight is 315 g/mol. The molecule has 8 nitrogen and oxygen atoms in total. The second-order valence-corrected chi connectivity index (χ2v) is 4.60. The van der Waals surface area contributed by atoms with Crippen LogP contribution in [-0.2, 0) is 9.53 Å². The zero-order valence-corrected chi connectivity index (χ0v) is 12.2. The van der Waals surface area contributed by atoms with Crippen LogP contribution < -0.4 is 5.32 Å². The molecule has 118 valence electrons. The number of benzene rings is 1. The Morgan fingerprint density at radius 2 is 2.09 bits per heavy atom. The van der Waals surface area contributed by atoms with E-state index in [4.69, 9.17) is 4.74 Å². The van der Waals surface area contributed by atoms with Crippen LogP contribution in [0.4, 0.5) is 11.4 Å². The monoisotopic (exact) mass is 315 g/mol. The Hall–Kier alpha value is -3.29. The first-order chi connectivity index (χ1) is 11.0. The first kappa shape index (κ1) is 16.1. The fraction of sp³-hybridized carbons (Fsp3) is 0.133. The van der Waals surface area contributed by atoms with Crippen molar-refractivity contribution >= 4 is 23.3 Å². The molecule has 2 rings (SSSR count). The molecule has 0 spiro atoms. The Bertz CT molecular complexity index is 746. The van der Waals surface area contributed by atoms with Crippen molar-refractivity contribution in [2.24, 2.45) is 0 Å². The second kappa shape index (κ2) is 7.12. The summed E-state index contributed by atoms with van der Waals surface area (Å²) in [5.74, 6) is -1.32. The number of ether oxygens (including phenoxy) is 1. The highest BCUT2D eigenvalue weighted by molar-refractivity contribution is 5.95. The number of carbonyl (C=O) groups excluding carboxylic acids is 2. The van der Waals surface area contributed by atoms with Gasteiger partial charge in [-0.2, -0.15) is 0 Å². The first-order valence-corrected chi connectivity index (χ1v) is 6.60. The summed E-state index contributed by atoms with van der Waals surface area (Å²) in [5.41, 5.74) is 0.890. The third-order valence-electron chi connectivity index (χ3n) is 2.91.